The number of nitrogens with two attached hydrogens (primary N) is 1. The molecule has 1 aliphatic rings. The molecule has 1 fully saturated rings. The Morgan fingerprint density at radius 3 is 3.00 bits per heavy atom. The molecule has 0 aliphatic carbocycles. The van der Waals surface area contributed by atoms with E-state index in [9.17, 15) is 10.1 Å². The van der Waals surface area contributed by atoms with Crippen LogP contribution in [0.3, 0.4) is 0 Å². The van der Waals surface area contributed by atoms with Gasteiger partial charge in [-0.05, 0) is 37.4 Å². The fourth-order valence-electron chi connectivity index (χ4n) is 2.63. The van der Waals surface area contributed by atoms with Gasteiger partial charge >= 0.3 is 0 Å². The first-order valence-electron chi connectivity index (χ1n) is 6.38. The standard InChI is InChI=1S/C13H19N3O2/c1-2-11-4-3-7-15(11)9-10-8-12(16(17)18)5-6-13(10)14/h5-6,8,11H,2-4,7,9,14H2,1H3. The minimum atomic E-state index is -0.371. The molecule has 0 aromatic heterocycles. The summed E-state index contributed by atoms with van der Waals surface area (Å²) in [6, 6.07) is 5.27. The van der Waals surface area contributed by atoms with Crippen LogP contribution < -0.4 is 5.73 Å². The molecule has 0 bridgehead atoms. The quantitative estimate of drug-likeness (QED) is 0.505. The van der Waals surface area contributed by atoms with E-state index < -0.39 is 0 Å². The van der Waals surface area contributed by atoms with Crippen molar-refractivity contribution in [3.8, 4) is 0 Å². The second-order valence-electron chi connectivity index (χ2n) is 4.82. The Hall–Kier alpha value is -1.62. The van der Waals surface area contributed by atoms with Crippen LogP contribution >= 0.6 is 0 Å². The predicted octanol–water partition coefficient (Wildman–Crippen LogP) is 2.55. The van der Waals surface area contributed by atoms with Crippen molar-refractivity contribution in [2.24, 2.45) is 0 Å². The average Bonchev–Trinajstić information content (AvgIpc) is 2.79. The van der Waals surface area contributed by atoms with Gasteiger partial charge in [0.25, 0.3) is 5.69 Å². The molecule has 98 valence electrons. The number of nitrogen functional groups attached to an aromatic ring is 1. The fraction of sp³-hybridized carbons (Fsp3) is 0.538. The molecule has 1 aromatic carbocycles. The number of nitrogens with zero attached hydrogens (tertiary/aromatic N) is 2. The normalized spacial score (nSPS) is 20.2. The van der Waals surface area contributed by atoms with E-state index in [2.05, 4.69) is 11.8 Å². The molecule has 2 N–H and O–H groups in total. The van der Waals surface area contributed by atoms with Gasteiger partial charge in [0.2, 0.25) is 0 Å². The first-order chi connectivity index (χ1) is 8.61. The lowest BCUT2D eigenvalue weighted by Gasteiger charge is -2.23. The van der Waals surface area contributed by atoms with Crippen LogP contribution in [0.25, 0.3) is 0 Å². The van der Waals surface area contributed by atoms with Gasteiger partial charge in [0.1, 0.15) is 0 Å². The first kappa shape index (κ1) is 12.8. The summed E-state index contributed by atoms with van der Waals surface area (Å²) < 4.78 is 0. The van der Waals surface area contributed by atoms with Gasteiger partial charge in [0.15, 0.2) is 0 Å². The maximum atomic E-state index is 10.8. The van der Waals surface area contributed by atoms with Crippen LogP contribution in [0.15, 0.2) is 18.2 Å². The molecule has 0 saturated carbocycles. The van der Waals surface area contributed by atoms with Gasteiger partial charge < -0.3 is 5.73 Å². The van der Waals surface area contributed by atoms with E-state index in [4.69, 9.17) is 5.73 Å². The van der Waals surface area contributed by atoms with Gasteiger partial charge in [-0.2, -0.15) is 0 Å². The fourth-order valence-corrected chi connectivity index (χ4v) is 2.63. The van der Waals surface area contributed by atoms with E-state index in [1.54, 1.807) is 12.1 Å². The number of non-ortho nitro benzene ring substituents is 1. The summed E-state index contributed by atoms with van der Waals surface area (Å²) >= 11 is 0. The van der Waals surface area contributed by atoms with E-state index in [1.165, 1.54) is 18.9 Å². The Morgan fingerprint density at radius 1 is 1.56 bits per heavy atom. The third-order valence-corrected chi connectivity index (χ3v) is 3.68. The second kappa shape index (κ2) is 5.35. The van der Waals surface area contributed by atoms with Crippen molar-refractivity contribution in [2.45, 2.75) is 38.8 Å². The number of likely N-dealkylation sites (tertiary alicyclic amines) is 1. The number of anilines is 1. The van der Waals surface area contributed by atoms with Crippen LogP contribution in [-0.2, 0) is 6.54 Å². The average molecular weight is 249 g/mol. The number of hydrogen-bond acceptors (Lipinski definition) is 4. The minimum Gasteiger partial charge on any atom is -0.398 e. The summed E-state index contributed by atoms with van der Waals surface area (Å²) in [4.78, 5) is 12.8. The molecule has 1 heterocycles. The molecule has 2 rings (SSSR count). The zero-order valence-electron chi connectivity index (χ0n) is 10.6. The van der Waals surface area contributed by atoms with Crippen molar-refractivity contribution >= 4 is 11.4 Å². The Kier molecular flexibility index (Phi) is 3.81. The topological polar surface area (TPSA) is 72.4 Å². The van der Waals surface area contributed by atoms with Crippen molar-refractivity contribution in [1.82, 2.24) is 4.90 Å². The maximum Gasteiger partial charge on any atom is 0.269 e. The van der Waals surface area contributed by atoms with Crippen molar-refractivity contribution in [3.63, 3.8) is 0 Å². The van der Waals surface area contributed by atoms with Crippen LogP contribution in [0.5, 0.6) is 0 Å². The molecule has 1 aromatic rings. The highest BCUT2D eigenvalue weighted by Gasteiger charge is 2.23. The highest BCUT2D eigenvalue weighted by molar-refractivity contribution is 5.52. The van der Waals surface area contributed by atoms with E-state index in [-0.39, 0.29) is 10.6 Å². The number of hydrogen-bond donors (Lipinski definition) is 1. The van der Waals surface area contributed by atoms with E-state index in [1.807, 2.05) is 0 Å². The molecule has 1 saturated heterocycles. The molecule has 1 aliphatic heterocycles. The predicted molar refractivity (Wildman–Crippen MR) is 71.2 cm³/mol. The zero-order chi connectivity index (χ0) is 13.1. The van der Waals surface area contributed by atoms with Gasteiger partial charge in [-0.15, -0.1) is 0 Å². The summed E-state index contributed by atoms with van der Waals surface area (Å²) in [5.74, 6) is 0. The lowest BCUT2D eigenvalue weighted by atomic mass is 10.1. The third kappa shape index (κ3) is 2.61. The van der Waals surface area contributed by atoms with Crippen LogP contribution in [-0.4, -0.2) is 22.4 Å². The summed E-state index contributed by atoms with van der Waals surface area (Å²) in [5, 5.41) is 10.8. The van der Waals surface area contributed by atoms with Crippen molar-refractivity contribution < 1.29 is 4.92 Å². The molecule has 1 unspecified atom stereocenters. The largest absolute Gasteiger partial charge is 0.398 e. The summed E-state index contributed by atoms with van der Waals surface area (Å²) in [5.41, 5.74) is 7.53. The van der Waals surface area contributed by atoms with Gasteiger partial charge in [0.05, 0.1) is 4.92 Å². The van der Waals surface area contributed by atoms with Crippen molar-refractivity contribution in [2.75, 3.05) is 12.3 Å². The summed E-state index contributed by atoms with van der Waals surface area (Å²) in [7, 11) is 0. The zero-order valence-corrected chi connectivity index (χ0v) is 10.6. The number of benzene rings is 1. The Balaban J connectivity index is 2.17. The van der Waals surface area contributed by atoms with E-state index in [0.29, 0.717) is 18.3 Å². The highest BCUT2D eigenvalue weighted by atomic mass is 16.6. The van der Waals surface area contributed by atoms with Gasteiger partial charge in [-0.3, -0.25) is 15.0 Å². The Morgan fingerprint density at radius 2 is 2.33 bits per heavy atom. The summed E-state index contributed by atoms with van der Waals surface area (Å²) in [6.07, 6.45) is 3.54. The molecule has 0 radical (unpaired) electrons. The van der Waals surface area contributed by atoms with Crippen LogP contribution in [0.1, 0.15) is 31.7 Å². The number of rotatable bonds is 4. The lowest BCUT2D eigenvalue weighted by molar-refractivity contribution is -0.384. The molecule has 18 heavy (non-hydrogen) atoms. The SMILES string of the molecule is CCC1CCCN1Cc1cc([N+](=O)[O-])ccc1N. The van der Waals surface area contributed by atoms with Crippen LogP contribution in [0.2, 0.25) is 0 Å². The molecule has 1 atom stereocenters. The molecule has 5 nitrogen and oxygen atoms in total. The molecule has 0 spiro atoms. The smallest absolute Gasteiger partial charge is 0.269 e. The minimum absolute atomic E-state index is 0.117. The van der Waals surface area contributed by atoms with Gasteiger partial charge in [0, 0.05) is 30.4 Å². The Bertz CT molecular complexity index is 448. The molecule has 5 heteroatoms. The summed E-state index contributed by atoms with van der Waals surface area (Å²) in [6.45, 7) is 3.95. The Labute approximate surface area is 107 Å². The van der Waals surface area contributed by atoms with E-state index in [0.717, 1.165) is 18.5 Å². The molecule has 0 amide bonds. The monoisotopic (exact) mass is 249 g/mol. The third-order valence-electron chi connectivity index (χ3n) is 3.68. The number of nitro groups is 1. The molecular formula is C13H19N3O2. The van der Waals surface area contributed by atoms with Gasteiger partial charge in [-0.25, -0.2) is 0 Å². The molecular weight excluding hydrogens is 230 g/mol. The highest BCUT2D eigenvalue weighted by Crippen LogP contribution is 2.26. The van der Waals surface area contributed by atoms with Crippen LogP contribution in [0, 0.1) is 10.1 Å². The maximum absolute atomic E-state index is 10.8. The first-order valence-corrected chi connectivity index (χ1v) is 6.38. The second-order valence-corrected chi connectivity index (χ2v) is 4.82. The van der Waals surface area contributed by atoms with Crippen LogP contribution in [0.4, 0.5) is 11.4 Å². The van der Waals surface area contributed by atoms with Crippen molar-refractivity contribution in [1.29, 1.82) is 0 Å². The lowest BCUT2D eigenvalue weighted by Crippen LogP contribution is -2.28. The van der Waals surface area contributed by atoms with Crippen molar-refractivity contribution in [3.05, 3.63) is 33.9 Å². The van der Waals surface area contributed by atoms with Gasteiger partial charge in [-0.1, -0.05) is 6.92 Å². The van der Waals surface area contributed by atoms with E-state index >= 15 is 0 Å². The number of nitro benzene ring substituents is 1.